The number of carbonyl (C=O) groups is 8. The summed E-state index contributed by atoms with van der Waals surface area (Å²) >= 11 is 0. The molecule has 0 aliphatic heterocycles. The molecule has 15 saturated carbocycles. The van der Waals surface area contributed by atoms with Crippen LogP contribution in [-0.4, -0.2) is 84.2 Å². The first-order valence-corrected chi connectivity index (χ1v) is 44.0. The van der Waals surface area contributed by atoms with Crippen molar-refractivity contribution in [2.45, 2.75) is 325 Å². The molecule has 27 atom stereocenters. The van der Waals surface area contributed by atoms with E-state index in [1.54, 1.807) is 0 Å². The number of carbonyl (C=O) groups excluding carboxylic acids is 7. The summed E-state index contributed by atoms with van der Waals surface area (Å²) in [5.74, 6) is 5.82. The largest absolute Gasteiger partial charge is 0.481 e. The molecule has 616 valence electrons. The van der Waals surface area contributed by atoms with Gasteiger partial charge in [-0.3, -0.25) is 33.6 Å². The van der Waals surface area contributed by atoms with Gasteiger partial charge < -0.3 is 29.2 Å². The van der Waals surface area contributed by atoms with Crippen molar-refractivity contribution in [3.05, 3.63) is 36.5 Å². The van der Waals surface area contributed by atoms with Gasteiger partial charge in [0.1, 0.15) is 43.5 Å². The molecule has 0 aromatic heterocycles. The van der Waals surface area contributed by atoms with Gasteiger partial charge in [0.25, 0.3) is 0 Å². The summed E-state index contributed by atoms with van der Waals surface area (Å²) in [5.41, 5.74) is 2.82. The molecule has 0 heterocycles. The van der Waals surface area contributed by atoms with E-state index in [0.717, 1.165) is 158 Å². The molecule has 0 aromatic carbocycles. The number of fused-ring (bicyclic) bond motifs is 21. The fourth-order valence-electron chi connectivity index (χ4n) is 34.5. The Morgan fingerprint density at radius 3 is 1.07 bits per heavy atom. The highest BCUT2D eigenvalue weighted by Gasteiger charge is 2.76. The van der Waals surface area contributed by atoms with Gasteiger partial charge in [0, 0.05) is 68.3 Å². The number of Topliss-reactive ketones (excluding diaryl/α,β-unsaturated/α-hetero) is 3. The maximum absolute atomic E-state index is 13.0. The number of ether oxygens (including phenoxy) is 3. The number of aliphatic hydroxyl groups is 1. The highest BCUT2D eigenvalue weighted by Crippen LogP contribution is 2.82. The number of carboxylic acid groups (broad SMARTS) is 1. The quantitative estimate of drug-likeness (QED) is 0.0809. The van der Waals surface area contributed by atoms with Crippen LogP contribution in [0.25, 0.3) is 0 Å². The molecule has 0 spiro atoms. The minimum absolute atomic E-state index is 0. The standard InChI is InChI=1S/C32H48O5.C32H50O4.C32H48O4.CH4/c1-19(18-37-20(2)33)21-10-15-32(27(35)36)17-16-30(6)22(26(21)32)8-9-24-29(5)13-12-25(34)28(3,4)23(29)11-14-31(24,30)7;2*1-20(18-36-21(2)34)22-10-15-32(19-33)17-16-30(6)23(27(22)32)8-9-25-29(5)13-12-26(35)28(3,4)24(29)11-14-31(25,30)7;/h21-24,26H,1,8-18H2,2-7H3,(H,35,36);22-25,27,33H,1,8-19H2,2-7H3;19,22-25,27H,1,8-18H2,2-7H3;1H4/t21-,22+,23-,24+,26+,29-,30+,31+,32-;2*22-,23+,24-,25+,27+,29-,30+,31+,32+;/m000./s1. The molecule has 15 rings (SSSR count). The highest BCUT2D eigenvalue weighted by molar-refractivity contribution is 5.87. The van der Waals surface area contributed by atoms with Gasteiger partial charge in [0.2, 0.25) is 0 Å². The Balaban J connectivity index is 0.000000153. The van der Waals surface area contributed by atoms with Crippen molar-refractivity contribution in [2.24, 2.45) is 170 Å². The van der Waals surface area contributed by atoms with Gasteiger partial charge in [-0.2, -0.15) is 0 Å². The second kappa shape index (κ2) is 28.5. The second-order valence-electron chi connectivity index (χ2n) is 44.6. The molecule has 0 bridgehead atoms. The first-order valence-electron chi connectivity index (χ1n) is 44.0. The molecule has 0 unspecified atom stereocenters. The van der Waals surface area contributed by atoms with Crippen LogP contribution >= 0.6 is 0 Å². The summed E-state index contributed by atoms with van der Waals surface area (Å²) in [6.07, 6.45) is 31.9. The maximum atomic E-state index is 13.0. The van der Waals surface area contributed by atoms with E-state index in [2.05, 4.69) is 124 Å². The predicted molar refractivity (Wildman–Crippen MR) is 432 cm³/mol. The maximum Gasteiger partial charge on any atom is 0.309 e. The zero-order valence-electron chi connectivity index (χ0n) is 71.3. The Hall–Kier alpha value is -4.26. The molecule has 0 aromatic rings. The molecule has 0 amide bonds. The van der Waals surface area contributed by atoms with Gasteiger partial charge in [-0.25, -0.2) is 0 Å². The Morgan fingerprint density at radius 1 is 0.382 bits per heavy atom. The van der Waals surface area contributed by atoms with Crippen LogP contribution < -0.4 is 0 Å². The minimum atomic E-state index is -0.697. The zero-order valence-corrected chi connectivity index (χ0v) is 71.3. The van der Waals surface area contributed by atoms with E-state index < -0.39 is 11.4 Å². The third kappa shape index (κ3) is 12.0. The van der Waals surface area contributed by atoms with E-state index in [1.807, 2.05) is 0 Å². The van der Waals surface area contributed by atoms with Crippen molar-refractivity contribution in [3.8, 4) is 0 Å². The number of aldehydes is 1. The molecular formula is C97H150O13. The van der Waals surface area contributed by atoms with Crippen molar-refractivity contribution in [1.82, 2.24) is 0 Å². The lowest BCUT2D eigenvalue weighted by atomic mass is 9.32. The van der Waals surface area contributed by atoms with Crippen LogP contribution in [0.3, 0.4) is 0 Å². The normalized spacial score (nSPS) is 48.4. The SMILES string of the molecule is C.C=C(COC(C)=O)[C@@H]1CC[C@]2(C(=O)O)CC[C@]3(C)[C@H](CC[C@@H]4[C@@]5(C)CCC(=O)C(C)(C)[C@@H]5CC[C@]43C)[C@@H]12.C=C(COC(C)=O)[C@@H]1CC[C@]2(C=O)CC[C@]3(C)[C@H](CC[C@@H]4[C@@]5(C)CCC(=O)C(C)(C)[C@@H]5CC[C@]43C)[C@@H]12.C=C(COC(C)=O)[C@@H]1CC[C@]2(CO)CC[C@]3(C)[C@H](CC[C@@H]4[C@@]5(C)CCC(=O)C(C)(C)[C@@H]5CC[C@]43C)[C@@H]12. The number of ketones is 3. The van der Waals surface area contributed by atoms with Crippen LogP contribution in [0.4, 0.5) is 0 Å². The topological polar surface area (TPSA) is 205 Å². The first kappa shape index (κ1) is 85.1. The van der Waals surface area contributed by atoms with Crippen molar-refractivity contribution < 1.29 is 62.8 Å². The summed E-state index contributed by atoms with van der Waals surface area (Å²) in [5, 5.41) is 21.4. The number of rotatable bonds is 12. The summed E-state index contributed by atoms with van der Waals surface area (Å²) in [6, 6.07) is 0. The highest BCUT2D eigenvalue weighted by atomic mass is 16.5. The van der Waals surface area contributed by atoms with Gasteiger partial charge in [-0.1, -0.05) is 131 Å². The average molecular weight is 1520 g/mol. The van der Waals surface area contributed by atoms with E-state index in [4.69, 9.17) is 14.2 Å². The molecule has 110 heavy (non-hydrogen) atoms. The predicted octanol–water partition coefficient (Wildman–Crippen LogP) is 21.2. The number of hydrogen-bond donors (Lipinski definition) is 2. The van der Waals surface area contributed by atoms with E-state index in [1.165, 1.54) is 65.6 Å². The minimum Gasteiger partial charge on any atom is -0.481 e. The fraction of sp³-hybridized carbons (Fsp3) is 0.856. The third-order valence-corrected chi connectivity index (χ3v) is 40.7. The number of carboxylic acids is 1. The van der Waals surface area contributed by atoms with E-state index in [9.17, 15) is 48.6 Å². The summed E-state index contributed by atoms with van der Waals surface area (Å²) < 4.78 is 16.1. The van der Waals surface area contributed by atoms with Crippen LogP contribution in [0.15, 0.2) is 36.5 Å². The van der Waals surface area contributed by atoms with Crippen LogP contribution in [0.5, 0.6) is 0 Å². The lowest BCUT2D eigenvalue weighted by Crippen LogP contribution is -2.66. The number of aliphatic carboxylic acids is 1. The molecule has 13 heteroatoms. The van der Waals surface area contributed by atoms with Gasteiger partial charge in [-0.05, 0) is 333 Å². The molecule has 0 saturated heterocycles. The average Bonchev–Trinajstić information content (AvgIpc) is 1.10. The second-order valence-corrected chi connectivity index (χ2v) is 44.6. The lowest BCUT2D eigenvalue weighted by molar-refractivity contribution is -0.236. The van der Waals surface area contributed by atoms with Crippen LogP contribution in [0.2, 0.25) is 0 Å². The molecule has 15 aliphatic rings. The number of esters is 3. The van der Waals surface area contributed by atoms with Gasteiger partial charge >= 0.3 is 23.9 Å². The molecule has 15 fully saturated rings. The Morgan fingerprint density at radius 2 is 0.709 bits per heavy atom. The first-order chi connectivity index (χ1) is 50.7. The Labute approximate surface area is 664 Å². The Bertz CT molecular complexity index is 3710. The van der Waals surface area contributed by atoms with Crippen molar-refractivity contribution >= 4 is 47.5 Å². The van der Waals surface area contributed by atoms with E-state index in [0.29, 0.717) is 108 Å². The van der Waals surface area contributed by atoms with Gasteiger partial charge in [-0.15, -0.1) is 0 Å². The number of hydrogen-bond acceptors (Lipinski definition) is 12. The third-order valence-electron chi connectivity index (χ3n) is 40.7. The molecule has 13 nitrogen and oxygen atoms in total. The monoisotopic (exact) mass is 1520 g/mol. The van der Waals surface area contributed by atoms with Gasteiger partial charge in [0.05, 0.1) is 5.41 Å². The van der Waals surface area contributed by atoms with Crippen molar-refractivity contribution in [3.63, 3.8) is 0 Å². The van der Waals surface area contributed by atoms with Crippen LogP contribution in [-0.2, 0) is 52.6 Å². The lowest BCUT2D eigenvalue weighted by Gasteiger charge is -2.72. The molecule has 0 radical (unpaired) electrons. The number of aliphatic hydroxyl groups excluding tert-OH is 1. The molecule has 2 N–H and O–H groups in total. The van der Waals surface area contributed by atoms with Crippen LogP contribution in [0, 0.1) is 170 Å². The summed E-state index contributed by atoms with van der Waals surface area (Å²) in [7, 11) is 0. The van der Waals surface area contributed by atoms with Crippen molar-refractivity contribution in [2.75, 3.05) is 26.4 Å². The smallest absolute Gasteiger partial charge is 0.309 e. The Kier molecular flexibility index (Phi) is 22.1. The fourth-order valence-corrected chi connectivity index (χ4v) is 34.5. The van der Waals surface area contributed by atoms with Crippen LogP contribution in [0.1, 0.15) is 325 Å². The van der Waals surface area contributed by atoms with E-state index in [-0.39, 0.29) is 139 Å². The van der Waals surface area contributed by atoms with Gasteiger partial charge in [0.15, 0.2) is 0 Å². The zero-order chi connectivity index (χ0) is 79.8. The summed E-state index contributed by atoms with van der Waals surface area (Å²) in [6.45, 7) is 54.7. The van der Waals surface area contributed by atoms with E-state index >= 15 is 0 Å². The molecular weight excluding hydrogens is 1370 g/mol. The molecule has 15 aliphatic carbocycles. The van der Waals surface area contributed by atoms with Crippen molar-refractivity contribution in [1.29, 1.82) is 0 Å². The summed E-state index contributed by atoms with van der Waals surface area (Å²) in [4.78, 5) is 99.1.